The van der Waals surface area contributed by atoms with E-state index in [0.29, 0.717) is 24.7 Å². The van der Waals surface area contributed by atoms with Gasteiger partial charge in [0.1, 0.15) is 0 Å². The van der Waals surface area contributed by atoms with Crippen LogP contribution in [-0.2, 0) is 14.3 Å². The zero-order valence-corrected chi connectivity index (χ0v) is 18.1. The lowest BCUT2D eigenvalue weighted by molar-refractivity contribution is -0.141. The first-order valence-corrected chi connectivity index (χ1v) is 11.1. The van der Waals surface area contributed by atoms with Crippen LogP contribution in [0, 0.1) is 17.8 Å². The second kappa shape index (κ2) is 10.7. The van der Waals surface area contributed by atoms with Gasteiger partial charge in [-0.15, -0.1) is 0 Å². The molecule has 0 radical (unpaired) electrons. The predicted molar refractivity (Wildman–Crippen MR) is 110 cm³/mol. The second-order valence-electron chi connectivity index (χ2n) is 9.03. The number of carbonyl (C=O) groups excluding carboxylic acids is 1. The van der Waals surface area contributed by atoms with Crippen LogP contribution in [0.2, 0.25) is 0 Å². The van der Waals surface area contributed by atoms with E-state index in [1.54, 1.807) is 0 Å². The van der Waals surface area contributed by atoms with Gasteiger partial charge >= 0.3 is 5.97 Å². The number of hydrogen-bond acceptors (Lipinski definition) is 5. The normalized spacial score (nSPS) is 34.5. The van der Waals surface area contributed by atoms with Crippen molar-refractivity contribution in [3.8, 4) is 0 Å². The molecule has 7 atom stereocenters. The minimum atomic E-state index is -0.427. The molecule has 1 saturated heterocycles. The molecule has 5 heteroatoms. The summed E-state index contributed by atoms with van der Waals surface area (Å²) in [6.07, 6.45) is 11.0. The fourth-order valence-corrected chi connectivity index (χ4v) is 4.87. The first-order chi connectivity index (χ1) is 13.3. The highest BCUT2D eigenvalue weighted by molar-refractivity contribution is 5.68. The standard InChI is InChI=1S/C23H40O5/c1-5-6-7-10-17(24)12-13-18-19-15-23(3,28-21(19)14-20(18)25)16(2)9-8-11-22(26)27-4/h12-13,16-21,24-25H,5-11,14-15H2,1-4H3/b13-12+/t16?,17-,18+,19+,20+,21-,23?/m0/s1. The fourth-order valence-electron chi connectivity index (χ4n) is 4.87. The predicted octanol–water partition coefficient (Wildman–Crippen LogP) is 4.01. The molecule has 2 N–H and O–H groups in total. The molecule has 0 amide bonds. The van der Waals surface area contributed by atoms with Gasteiger partial charge in [-0.1, -0.05) is 45.3 Å². The highest BCUT2D eigenvalue weighted by Gasteiger charge is 2.53. The molecule has 1 heterocycles. The number of fused-ring (bicyclic) bond motifs is 1. The number of hydrogen-bond donors (Lipinski definition) is 2. The summed E-state index contributed by atoms with van der Waals surface area (Å²) in [6.45, 7) is 6.52. The fraction of sp³-hybridized carbons (Fsp3) is 0.870. The van der Waals surface area contributed by atoms with Gasteiger partial charge in [0.15, 0.2) is 0 Å². The highest BCUT2D eigenvalue weighted by Crippen LogP contribution is 2.51. The Balaban J connectivity index is 1.89. The summed E-state index contributed by atoms with van der Waals surface area (Å²) in [5, 5.41) is 20.7. The number of esters is 1. The Morgan fingerprint density at radius 3 is 2.75 bits per heavy atom. The summed E-state index contributed by atoms with van der Waals surface area (Å²) in [6, 6.07) is 0. The molecule has 0 aromatic carbocycles. The van der Waals surface area contributed by atoms with Gasteiger partial charge in [0, 0.05) is 18.8 Å². The van der Waals surface area contributed by atoms with Gasteiger partial charge in [0.2, 0.25) is 0 Å². The van der Waals surface area contributed by atoms with Crippen LogP contribution in [0.1, 0.15) is 78.6 Å². The summed E-state index contributed by atoms with van der Waals surface area (Å²) in [5.74, 6) is 0.522. The van der Waals surface area contributed by atoms with Crippen LogP contribution in [0.25, 0.3) is 0 Å². The molecule has 1 aliphatic carbocycles. The van der Waals surface area contributed by atoms with E-state index in [9.17, 15) is 15.0 Å². The van der Waals surface area contributed by atoms with Crippen LogP contribution in [0.15, 0.2) is 12.2 Å². The number of carbonyl (C=O) groups is 1. The zero-order chi connectivity index (χ0) is 20.7. The smallest absolute Gasteiger partial charge is 0.305 e. The molecule has 2 aliphatic rings. The largest absolute Gasteiger partial charge is 0.469 e. The number of aliphatic hydroxyl groups excluding tert-OH is 2. The van der Waals surface area contributed by atoms with Gasteiger partial charge in [0.25, 0.3) is 0 Å². The molecule has 5 nitrogen and oxygen atoms in total. The molecule has 0 aromatic rings. The Labute approximate surface area is 170 Å². The van der Waals surface area contributed by atoms with E-state index in [0.717, 1.165) is 44.9 Å². The van der Waals surface area contributed by atoms with Gasteiger partial charge in [-0.3, -0.25) is 4.79 Å². The minimum Gasteiger partial charge on any atom is -0.469 e. The Kier molecular flexibility index (Phi) is 8.97. The Morgan fingerprint density at radius 2 is 2.07 bits per heavy atom. The van der Waals surface area contributed by atoms with Crippen LogP contribution in [-0.4, -0.2) is 47.2 Å². The molecule has 2 fully saturated rings. The van der Waals surface area contributed by atoms with Crippen LogP contribution >= 0.6 is 0 Å². The topological polar surface area (TPSA) is 76.0 Å². The molecule has 2 rings (SSSR count). The Morgan fingerprint density at radius 1 is 1.32 bits per heavy atom. The van der Waals surface area contributed by atoms with Gasteiger partial charge in [-0.2, -0.15) is 0 Å². The molecule has 162 valence electrons. The minimum absolute atomic E-state index is 0.0509. The monoisotopic (exact) mass is 396 g/mol. The molecule has 1 aliphatic heterocycles. The molecule has 28 heavy (non-hydrogen) atoms. The molecule has 2 unspecified atom stereocenters. The van der Waals surface area contributed by atoms with Gasteiger partial charge in [-0.25, -0.2) is 0 Å². The molecule has 0 bridgehead atoms. The van der Waals surface area contributed by atoms with E-state index in [2.05, 4.69) is 20.8 Å². The number of methoxy groups -OCH3 is 1. The van der Waals surface area contributed by atoms with Crippen molar-refractivity contribution in [2.75, 3.05) is 7.11 Å². The maximum atomic E-state index is 11.3. The highest BCUT2D eigenvalue weighted by atomic mass is 16.5. The first kappa shape index (κ1) is 23.4. The average molecular weight is 397 g/mol. The number of ether oxygens (including phenoxy) is 2. The van der Waals surface area contributed by atoms with E-state index in [-0.39, 0.29) is 23.6 Å². The van der Waals surface area contributed by atoms with Crippen LogP contribution in [0.5, 0.6) is 0 Å². The number of unbranched alkanes of at least 4 members (excludes halogenated alkanes) is 2. The summed E-state index contributed by atoms with van der Waals surface area (Å²) >= 11 is 0. The molecule has 0 aromatic heterocycles. The van der Waals surface area contributed by atoms with Crippen molar-refractivity contribution in [1.82, 2.24) is 0 Å². The lowest BCUT2D eigenvalue weighted by atomic mass is 9.79. The SMILES string of the molecule is CCCCC[C@H](O)/C=C/[C@@H]1[C@H]2CC(C)(C(C)CCCC(=O)OC)O[C@H]2C[C@H]1O. The Bertz CT molecular complexity index is 519. The summed E-state index contributed by atoms with van der Waals surface area (Å²) < 4.78 is 11.2. The second-order valence-corrected chi connectivity index (χ2v) is 9.03. The molecular formula is C23H40O5. The van der Waals surface area contributed by atoms with Crippen LogP contribution in [0.3, 0.4) is 0 Å². The third-order valence-electron chi connectivity index (χ3n) is 6.90. The number of aliphatic hydroxyl groups is 2. The quantitative estimate of drug-likeness (QED) is 0.313. The van der Waals surface area contributed by atoms with Crippen molar-refractivity contribution in [2.45, 2.75) is 102 Å². The third-order valence-corrected chi connectivity index (χ3v) is 6.90. The van der Waals surface area contributed by atoms with Gasteiger partial charge < -0.3 is 19.7 Å². The Hall–Kier alpha value is -0.910. The van der Waals surface area contributed by atoms with E-state index in [1.807, 2.05) is 12.2 Å². The third kappa shape index (κ3) is 6.04. The van der Waals surface area contributed by atoms with E-state index >= 15 is 0 Å². The maximum absolute atomic E-state index is 11.3. The maximum Gasteiger partial charge on any atom is 0.305 e. The van der Waals surface area contributed by atoms with Crippen molar-refractivity contribution >= 4 is 5.97 Å². The summed E-state index contributed by atoms with van der Waals surface area (Å²) in [4.78, 5) is 11.3. The first-order valence-electron chi connectivity index (χ1n) is 11.1. The lowest BCUT2D eigenvalue weighted by Gasteiger charge is -2.33. The van der Waals surface area contributed by atoms with Gasteiger partial charge in [0.05, 0.1) is 31.0 Å². The zero-order valence-electron chi connectivity index (χ0n) is 18.1. The molecule has 0 spiro atoms. The van der Waals surface area contributed by atoms with E-state index < -0.39 is 12.2 Å². The average Bonchev–Trinajstić information content (AvgIpc) is 3.12. The molecular weight excluding hydrogens is 356 g/mol. The summed E-state index contributed by atoms with van der Waals surface area (Å²) in [7, 11) is 1.42. The lowest BCUT2D eigenvalue weighted by Crippen LogP contribution is -2.34. The van der Waals surface area contributed by atoms with Crippen molar-refractivity contribution in [3.05, 3.63) is 12.2 Å². The van der Waals surface area contributed by atoms with Gasteiger partial charge in [-0.05, 0) is 44.4 Å². The van der Waals surface area contributed by atoms with Crippen LogP contribution < -0.4 is 0 Å². The van der Waals surface area contributed by atoms with Crippen molar-refractivity contribution in [1.29, 1.82) is 0 Å². The van der Waals surface area contributed by atoms with Crippen LogP contribution in [0.4, 0.5) is 0 Å². The van der Waals surface area contributed by atoms with E-state index in [4.69, 9.17) is 9.47 Å². The summed E-state index contributed by atoms with van der Waals surface area (Å²) in [5.41, 5.74) is -0.225. The van der Waals surface area contributed by atoms with Crippen molar-refractivity contribution in [2.24, 2.45) is 17.8 Å². The van der Waals surface area contributed by atoms with E-state index in [1.165, 1.54) is 7.11 Å². The van der Waals surface area contributed by atoms with Crippen molar-refractivity contribution in [3.63, 3.8) is 0 Å². The van der Waals surface area contributed by atoms with Crippen molar-refractivity contribution < 1.29 is 24.5 Å². The molecule has 1 saturated carbocycles. The number of rotatable bonds is 11.